The molecular weight excluding hydrogens is 373 g/mol. The lowest BCUT2D eigenvalue weighted by Gasteiger charge is -2.34. The number of likely N-dealkylation sites (tertiary alicyclic amines) is 1. The van der Waals surface area contributed by atoms with Crippen LogP contribution in [-0.4, -0.2) is 41.2 Å². The average molecular weight is 400 g/mol. The Bertz CT molecular complexity index is 688. The Hall–Kier alpha value is -1.34. The van der Waals surface area contributed by atoms with E-state index in [0.29, 0.717) is 12.4 Å². The van der Waals surface area contributed by atoms with Crippen LogP contribution in [0.3, 0.4) is 0 Å². The van der Waals surface area contributed by atoms with Gasteiger partial charge < -0.3 is 15.2 Å². The minimum atomic E-state index is 0. The molecule has 0 radical (unpaired) electrons. The van der Waals surface area contributed by atoms with E-state index in [2.05, 4.69) is 44.2 Å². The maximum Gasteiger partial charge on any atom is 0.240 e. The Labute approximate surface area is 166 Å². The maximum atomic E-state index is 5.51. The van der Waals surface area contributed by atoms with Crippen LogP contribution in [0.1, 0.15) is 30.1 Å². The standard InChI is InChI=1S/C18H25N5O.2ClH/c19-11-18-20-17(21-24-18)13-22-8-5-14(6-9-22)12-23-10-7-15-3-1-2-4-16(15)23;;/h1-4,14H,5-13,19H2;2*1H. The van der Waals surface area contributed by atoms with Crippen LogP contribution in [0.4, 0.5) is 5.69 Å². The molecule has 3 heterocycles. The van der Waals surface area contributed by atoms with Gasteiger partial charge in [-0.1, -0.05) is 23.4 Å². The third-order valence-corrected chi connectivity index (χ3v) is 5.22. The summed E-state index contributed by atoms with van der Waals surface area (Å²) in [4.78, 5) is 9.29. The smallest absolute Gasteiger partial charge is 0.240 e. The van der Waals surface area contributed by atoms with Crippen molar-refractivity contribution in [3.63, 3.8) is 0 Å². The zero-order valence-corrected chi connectivity index (χ0v) is 16.5. The van der Waals surface area contributed by atoms with Gasteiger partial charge in [0, 0.05) is 18.8 Å². The molecule has 2 aliphatic heterocycles. The number of fused-ring (bicyclic) bond motifs is 1. The highest BCUT2D eigenvalue weighted by Gasteiger charge is 2.25. The maximum absolute atomic E-state index is 5.51. The average Bonchev–Trinajstić information content (AvgIpc) is 3.24. The fourth-order valence-corrected chi connectivity index (χ4v) is 3.87. The number of nitrogens with zero attached hydrogens (tertiary/aromatic N) is 4. The van der Waals surface area contributed by atoms with Crippen LogP contribution in [-0.2, 0) is 19.5 Å². The van der Waals surface area contributed by atoms with Crippen molar-refractivity contribution in [3.8, 4) is 0 Å². The molecule has 8 heteroatoms. The Balaban J connectivity index is 0.00000121. The summed E-state index contributed by atoms with van der Waals surface area (Å²) in [6.07, 6.45) is 3.66. The highest BCUT2D eigenvalue weighted by Crippen LogP contribution is 2.30. The van der Waals surface area contributed by atoms with Crippen LogP contribution < -0.4 is 10.6 Å². The number of halogens is 2. The Morgan fingerprint density at radius 3 is 2.62 bits per heavy atom. The van der Waals surface area contributed by atoms with Gasteiger partial charge in [-0.25, -0.2) is 0 Å². The van der Waals surface area contributed by atoms with Crippen molar-refractivity contribution in [3.05, 3.63) is 41.5 Å². The normalized spacial score (nSPS) is 17.5. The van der Waals surface area contributed by atoms with Gasteiger partial charge in [-0.05, 0) is 49.9 Å². The number of benzene rings is 1. The molecule has 4 rings (SSSR count). The fourth-order valence-electron chi connectivity index (χ4n) is 3.87. The molecule has 0 bridgehead atoms. The van der Waals surface area contributed by atoms with Crippen LogP contribution in [0.5, 0.6) is 0 Å². The molecule has 0 unspecified atom stereocenters. The Morgan fingerprint density at radius 1 is 1.12 bits per heavy atom. The molecule has 0 atom stereocenters. The second-order valence-corrected chi connectivity index (χ2v) is 6.85. The summed E-state index contributed by atoms with van der Waals surface area (Å²) in [6, 6.07) is 8.83. The quantitative estimate of drug-likeness (QED) is 0.832. The third kappa shape index (κ3) is 4.68. The van der Waals surface area contributed by atoms with Gasteiger partial charge in [-0.15, -0.1) is 24.8 Å². The molecule has 1 fully saturated rings. The van der Waals surface area contributed by atoms with Crippen LogP contribution in [0.25, 0.3) is 0 Å². The lowest BCUT2D eigenvalue weighted by molar-refractivity contribution is 0.174. The summed E-state index contributed by atoms with van der Waals surface area (Å²) >= 11 is 0. The third-order valence-electron chi connectivity index (χ3n) is 5.22. The second-order valence-electron chi connectivity index (χ2n) is 6.85. The molecule has 26 heavy (non-hydrogen) atoms. The van der Waals surface area contributed by atoms with E-state index in [-0.39, 0.29) is 24.8 Å². The molecule has 0 amide bonds. The van der Waals surface area contributed by atoms with E-state index in [4.69, 9.17) is 10.3 Å². The van der Waals surface area contributed by atoms with Crippen LogP contribution in [0.15, 0.2) is 28.8 Å². The van der Waals surface area contributed by atoms with Crippen LogP contribution in [0, 0.1) is 5.92 Å². The predicted molar refractivity (Wildman–Crippen MR) is 107 cm³/mol. The van der Waals surface area contributed by atoms with Gasteiger partial charge in [0.15, 0.2) is 5.82 Å². The first-order chi connectivity index (χ1) is 11.8. The predicted octanol–water partition coefficient (Wildman–Crippen LogP) is 2.65. The lowest BCUT2D eigenvalue weighted by Crippen LogP contribution is -2.38. The van der Waals surface area contributed by atoms with Crippen molar-refractivity contribution in [2.45, 2.75) is 32.4 Å². The number of para-hydroxylation sites is 1. The molecule has 1 saturated heterocycles. The molecule has 0 spiro atoms. The van der Waals surface area contributed by atoms with E-state index in [0.717, 1.165) is 31.4 Å². The number of nitrogens with two attached hydrogens (primary N) is 1. The van der Waals surface area contributed by atoms with Gasteiger partial charge >= 0.3 is 0 Å². The summed E-state index contributed by atoms with van der Waals surface area (Å²) in [7, 11) is 0. The van der Waals surface area contributed by atoms with Gasteiger partial charge in [0.2, 0.25) is 5.89 Å². The first-order valence-electron chi connectivity index (χ1n) is 8.88. The molecule has 6 nitrogen and oxygen atoms in total. The summed E-state index contributed by atoms with van der Waals surface area (Å²) in [5.41, 5.74) is 8.46. The van der Waals surface area contributed by atoms with Crippen molar-refractivity contribution in [2.75, 3.05) is 31.1 Å². The van der Waals surface area contributed by atoms with Gasteiger partial charge in [0.25, 0.3) is 0 Å². The number of hydrogen-bond acceptors (Lipinski definition) is 6. The molecule has 1 aromatic heterocycles. The van der Waals surface area contributed by atoms with Gasteiger partial charge in [-0.3, -0.25) is 4.90 Å². The van der Waals surface area contributed by atoms with E-state index in [9.17, 15) is 0 Å². The number of rotatable bonds is 5. The molecule has 2 aromatic rings. The Kier molecular flexibility index (Phi) is 7.70. The highest BCUT2D eigenvalue weighted by atomic mass is 35.5. The summed E-state index contributed by atoms with van der Waals surface area (Å²) in [6.45, 7) is 5.64. The monoisotopic (exact) mass is 399 g/mol. The molecule has 1 aromatic carbocycles. The second kappa shape index (κ2) is 9.55. The molecule has 2 N–H and O–H groups in total. The van der Waals surface area contributed by atoms with Gasteiger partial charge in [0.1, 0.15) is 0 Å². The Morgan fingerprint density at radius 2 is 1.88 bits per heavy atom. The first-order valence-corrected chi connectivity index (χ1v) is 8.88. The van der Waals surface area contributed by atoms with Crippen molar-refractivity contribution in [1.82, 2.24) is 15.0 Å². The topological polar surface area (TPSA) is 71.4 Å². The van der Waals surface area contributed by atoms with E-state index in [1.54, 1.807) is 0 Å². The number of piperidine rings is 1. The van der Waals surface area contributed by atoms with Crippen molar-refractivity contribution in [2.24, 2.45) is 11.7 Å². The van der Waals surface area contributed by atoms with Gasteiger partial charge in [0.05, 0.1) is 13.1 Å². The lowest BCUT2D eigenvalue weighted by atomic mass is 9.96. The summed E-state index contributed by atoms with van der Waals surface area (Å²) in [5.74, 6) is 2.05. The van der Waals surface area contributed by atoms with Crippen LogP contribution >= 0.6 is 24.8 Å². The number of aromatic nitrogens is 2. The minimum absolute atomic E-state index is 0. The molecular formula is C18H27Cl2N5O. The van der Waals surface area contributed by atoms with E-state index >= 15 is 0 Å². The van der Waals surface area contributed by atoms with E-state index in [1.807, 2.05) is 0 Å². The van der Waals surface area contributed by atoms with Crippen molar-refractivity contribution in [1.29, 1.82) is 0 Å². The first kappa shape index (κ1) is 21.0. The SMILES string of the molecule is Cl.Cl.NCc1nc(CN2CCC(CN3CCc4ccccc43)CC2)no1. The van der Waals surface area contributed by atoms with Crippen molar-refractivity contribution < 1.29 is 4.52 Å². The minimum Gasteiger partial charge on any atom is -0.371 e. The van der Waals surface area contributed by atoms with E-state index in [1.165, 1.54) is 43.6 Å². The zero-order chi connectivity index (χ0) is 16.4. The molecule has 0 aliphatic carbocycles. The molecule has 0 saturated carbocycles. The fraction of sp³-hybridized carbons (Fsp3) is 0.556. The number of anilines is 1. The molecule has 2 aliphatic rings. The largest absolute Gasteiger partial charge is 0.371 e. The van der Waals surface area contributed by atoms with E-state index < -0.39 is 0 Å². The highest BCUT2D eigenvalue weighted by molar-refractivity contribution is 5.85. The zero-order valence-electron chi connectivity index (χ0n) is 14.8. The summed E-state index contributed by atoms with van der Waals surface area (Å²) in [5, 5.41) is 3.99. The van der Waals surface area contributed by atoms with Gasteiger partial charge in [-0.2, -0.15) is 4.98 Å². The van der Waals surface area contributed by atoms with Crippen LogP contribution in [0.2, 0.25) is 0 Å². The summed E-state index contributed by atoms with van der Waals surface area (Å²) < 4.78 is 5.08. The van der Waals surface area contributed by atoms with Crippen molar-refractivity contribution >= 4 is 30.5 Å². The number of hydrogen-bond donors (Lipinski definition) is 1. The molecule has 144 valence electrons.